The largest absolute Gasteiger partial charge is 0.381 e. The monoisotopic (exact) mass is 517 g/mol. The van der Waals surface area contributed by atoms with E-state index in [1.54, 1.807) is 6.20 Å². The summed E-state index contributed by atoms with van der Waals surface area (Å²) in [6.07, 6.45) is 4.29. The predicted molar refractivity (Wildman–Crippen MR) is 146 cm³/mol. The molecule has 2 aromatic heterocycles. The van der Waals surface area contributed by atoms with Crippen molar-refractivity contribution in [3.8, 4) is 11.4 Å². The highest BCUT2D eigenvalue weighted by Gasteiger charge is 2.23. The summed E-state index contributed by atoms with van der Waals surface area (Å²) in [7, 11) is 0. The molecule has 0 radical (unpaired) electrons. The zero-order valence-electron chi connectivity index (χ0n) is 21.8. The number of nitrogens with one attached hydrogen (secondary N) is 2. The number of anilines is 3. The second-order valence-electron chi connectivity index (χ2n) is 9.58. The Bertz CT molecular complexity index is 1240. The zero-order chi connectivity index (χ0) is 26.3. The van der Waals surface area contributed by atoms with Gasteiger partial charge in [-0.25, -0.2) is 9.97 Å². The van der Waals surface area contributed by atoms with Gasteiger partial charge in [-0.3, -0.25) is 14.7 Å². The number of aromatic nitrogens is 3. The molecular weight excluding hydrogens is 482 g/mol. The molecule has 2 saturated heterocycles. The number of amides is 1. The highest BCUT2D eigenvalue weighted by molar-refractivity contribution is 5.97. The lowest BCUT2D eigenvalue weighted by Crippen LogP contribution is -2.35. The number of morpholine rings is 1. The lowest BCUT2D eigenvalue weighted by Gasteiger charge is -2.27. The second-order valence-corrected chi connectivity index (χ2v) is 9.58. The summed E-state index contributed by atoms with van der Waals surface area (Å²) < 4.78 is 11.0. The maximum atomic E-state index is 12.5. The summed E-state index contributed by atoms with van der Waals surface area (Å²) in [4.78, 5) is 28.9. The van der Waals surface area contributed by atoms with Crippen LogP contribution >= 0.6 is 0 Å². The first-order chi connectivity index (χ1) is 18.6. The molecule has 1 aromatic carbocycles. The van der Waals surface area contributed by atoms with Crippen molar-refractivity contribution >= 4 is 23.2 Å². The molecule has 0 atom stereocenters. The third kappa shape index (κ3) is 6.27. The summed E-state index contributed by atoms with van der Waals surface area (Å²) >= 11 is 0. The van der Waals surface area contributed by atoms with Gasteiger partial charge in [-0.15, -0.1) is 0 Å². The molecule has 0 bridgehead atoms. The third-order valence-corrected chi connectivity index (χ3v) is 6.95. The van der Waals surface area contributed by atoms with Gasteiger partial charge in [0.15, 0.2) is 17.3 Å². The minimum Gasteiger partial charge on any atom is -0.381 e. The highest BCUT2D eigenvalue weighted by Crippen LogP contribution is 2.30. The Morgan fingerprint density at radius 2 is 1.82 bits per heavy atom. The molecule has 2 fully saturated rings. The summed E-state index contributed by atoms with van der Waals surface area (Å²) in [5, 5.41) is 6.84. The number of primary amides is 1. The molecule has 4 N–H and O–H groups in total. The first-order valence-electron chi connectivity index (χ1n) is 13.3. The molecule has 10 heteroatoms. The predicted octanol–water partition coefficient (Wildman–Crippen LogP) is 3.37. The number of aryl methyl sites for hydroxylation is 1. The van der Waals surface area contributed by atoms with Gasteiger partial charge in [0.2, 0.25) is 0 Å². The standard InChI is InChI=1S/C28H35N7O3/c1-2-19-17-22(7-6-20(19)18-35-11-15-38-16-12-35)32-28-25(26(29)36)33-24(23-5-3-4-10-30-23)27(34-28)31-21-8-13-37-14-9-21/h3-7,10,17,21H,2,8-9,11-16,18H2,1H3,(H2,29,36)(H2,31,32,34). The highest BCUT2D eigenvalue weighted by atomic mass is 16.5. The minimum absolute atomic E-state index is 0.0682. The average Bonchev–Trinajstić information content (AvgIpc) is 2.95. The smallest absolute Gasteiger partial charge is 0.271 e. The lowest BCUT2D eigenvalue weighted by molar-refractivity contribution is 0.0341. The van der Waals surface area contributed by atoms with Crippen molar-refractivity contribution < 1.29 is 14.3 Å². The van der Waals surface area contributed by atoms with Crippen LogP contribution in [0, 0.1) is 0 Å². The zero-order valence-corrected chi connectivity index (χ0v) is 21.8. The number of hydrogen-bond acceptors (Lipinski definition) is 9. The van der Waals surface area contributed by atoms with Crippen LogP contribution in [0.25, 0.3) is 11.4 Å². The van der Waals surface area contributed by atoms with Crippen molar-refractivity contribution in [3.63, 3.8) is 0 Å². The van der Waals surface area contributed by atoms with E-state index in [0.717, 1.165) is 57.8 Å². The second kappa shape index (κ2) is 12.3. The molecule has 1 amide bonds. The van der Waals surface area contributed by atoms with E-state index in [2.05, 4.69) is 44.6 Å². The number of carbonyl (C=O) groups is 1. The van der Waals surface area contributed by atoms with Crippen LogP contribution in [-0.2, 0) is 22.4 Å². The van der Waals surface area contributed by atoms with Crippen molar-refractivity contribution in [2.45, 2.75) is 38.8 Å². The number of nitrogens with two attached hydrogens (primary N) is 1. The molecular formula is C28H35N7O3. The fourth-order valence-corrected chi connectivity index (χ4v) is 4.84. The van der Waals surface area contributed by atoms with Crippen molar-refractivity contribution in [2.75, 3.05) is 50.2 Å². The van der Waals surface area contributed by atoms with Gasteiger partial charge < -0.3 is 25.8 Å². The Morgan fingerprint density at radius 1 is 1.03 bits per heavy atom. The quantitative estimate of drug-likeness (QED) is 0.391. The van der Waals surface area contributed by atoms with Gasteiger partial charge in [0.25, 0.3) is 5.91 Å². The summed E-state index contributed by atoms with van der Waals surface area (Å²) in [5.41, 5.74) is 10.3. The topological polar surface area (TPSA) is 128 Å². The lowest BCUT2D eigenvalue weighted by atomic mass is 10.0. The maximum absolute atomic E-state index is 12.5. The van der Waals surface area contributed by atoms with Crippen LogP contribution in [0.2, 0.25) is 0 Å². The van der Waals surface area contributed by atoms with E-state index in [1.807, 2.05) is 24.3 Å². The van der Waals surface area contributed by atoms with Crippen LogP contribution < -0.4 is 16.4 Å². The van der Waals surface area contributed by atoms with Crippen LogP contribution in [0.4, 0.5) is 17.3 Å². The van der Waals surface area contributed by atoms with Gasteiger partial charge in [0.05, 0.1) is 18.9 Å². The average molecular weight is 518 g/mol. The molecule has 200 valence electrons. The van der Waals surface area contributed by atoms with Crippen molar-refractivity contribution in [1.29, 1.82) is 0 Å². The van der Waals surface area contributed by atoms with E-state index in [9.17, 15) is 4.79 Å². The van der Waals surface area contributed by atoms with E-state index in [1.165, 1.54) is 11.1 Å². The molecule has 0 saturated carbocycles. The molecule has 10 nitrogen and oxygen atoms in total. The maximum Gasteiger partial charge on any atom is 0.271 e. The molecule has 0 unspecified atom stereocenters. The van der Waals surface area contributed by atoms with E-state index in [0.29, 0.717) is 36.2 Å². The Kier molecular flexibility index (Phi) is 8.42. The number of benzene rings is 1. The first kappa shape index (κ1) is 26.0. The molecule has 5 rings (SSSR count). The fraction of sp³-hybridized carbons (Fsp3) is 0.429. The summed E-state index contributed by atoms with van der Waals surface area (Å²) in [6, 6.07) is 12.0. The van der Waals surface area contributed by atoms with Gasteiger partial charge >= 0.3 is 0 Å². The first-order valence-corrected chi connectivity index (χ1v) is 13.3. The Hall–Kier alpha value is -3.60. The van der Waals surface area contributed by atoms with Crippen LogP contribution in [-0.4, -0.2) is 71.3 Å². The van der Waals surface area contributed by atoms with Gasteiger partial charge in [0.1, 0.15) is 5.69 Å². The molecule has 0 spiro atoms. The fourth-order valence-electron chi connectivity index (χ4n) is 4.84. The van der Waals surface area contributed by atoms with Crippen molar-refractivity contribution in [3.05, 3.63) is 59.4 Å². The van der Waals surface area contributed by atoms with Gasteiger partial charge in [-0.05, 0) is 54.7 Å². The van der Waals surface area contributed by atoms with Gasteiger partial charge in [-0.1, -0.05) is 19.1 Å². The van der Waals surface area contributed by atoms with Crippen molar-refractivity contribution in [2.24, 2.45) is 5.73 Å². The summed E-state index contributed by atoms with van der Waals surface area (Å²) in [5.74, 6) is 0.215. The van der Waals surface area contributed by atoms with Gasteiger partial charge in [0, 0.05) is 50.8 Å². The molecule has 0 aliphatic carbocycles. The van der Waals surface area contributed by atoms with Crippen LogP contribution in [0.15, 0.2) is 42.6 Å². The Labute approximate surface area is 223 Å². The number of rotatable bonds is 9. The minimum atomic E-state index is -0.658. The van der Waals surface area contributed by atoms with Crippen LogP contribution in [0.1, 0.15) is 41.4 Å². The number of hydrogen-bond donors (Lipinski definition) is 3. The van der Waals surface area contributed by atoms with E-state index in [-0.39, 0.29) is 11.7 Å². The molecule has 2 aliphatic rings. The van der Waals surface area contributed by atoms with Crippen LogP contribution in [0.5, 0.6) is 0 Å². The molecule has 38 heavy (non-hydrogen) atoms. The molecule has 2 aliphatic heterocycles. The summed E-state index contributed by atoms with van der Waals surface area (Å²) in [6.45, 7) is 7.82. The molecule has 4 heterocycles. The van der Waals surface area contributed by atoms with E-state index >= 15 is 0 Å². The number of pyridine rings is 1. The van der Waals surface area contributed by atoms with Gasteiger partial charge in [-0.2, -0.15) is 0 Å². The van der Waals surface area contributed by atoms with Crippen molar-refractivity contribution in [1.82, 2.24) is 19.9 Å². The van der Waals surface area contributed by atoms with E-state index in [4.69, 9.17) is 20.2 Å². The van der Waals surface area contributed by atoms with E-state index < -0.39 is 5.91 Å². The normalized spacial score (nSPS) is 16.8. The molecule has 3 aromatic rings. The number of ether oxygens (including phenoxy) is 2. The number of nitrogens with zero attached hydrogens (tertiary/aromatic N) is 4. The van der Waals surface area contributed by atoms with Crippen LogP contribution in [0.3, 0.4) is 0 Å². The number of carbonyl (C=O) groups excluding carboxylic acids is 1. The SMILES string of the molecule is CCc1cc(Nc2nc(NC3CCOCC3)c(-c3ccccn3)nc2C(N)=O)ccc1CN1CCOCC1. The Balaban J connectivity index is 1.47. The Morgan fingerprint density at radius 3 is 2.53 bits per heavy atom. The third-order valence-electron chi connectivity index (χ3n) is 6.95.